The van der Waals surface area contributed by atoms with E-state index in [1.807, 2.05) is 24.3 Å². The summed E-state index contributed by atoms with van der Waals surface area (Å²) in [7, 11) is 0. The van der Waals surface area contributed by atoms with Gasteiger partial charge in [-0.15, -0.1) is 0 Å². The second-order valence-corrected chi connectivity index (χ2v) is 9.59. The van der Waals surface area contributed by atoms with Gasteiger partial charge < -0.3 is 4.74 Å². The van der Waals surface area contributed by atoms with Crippen LogP contribution in [0.5, 0.6) is 0 Å². The lowest BCUT2D eigenvalue weighted by Crippen LogP contribution is -2.11. The number of ether oxygens (including phenoxy) is 1. The minimum Gasteiger partial charge on any atom is -0.454 e. The van der Waals surface area contributed by atoms with Crippen LogP contribution in [0.2, 0.25) is 0 Å². The molecule has 0 saturated carbocycles. The topological polar surface area (TPSA) is 26.3 Å². The van der Waals surface area contributed by atoms with Crippen molar-refractivity contribution in [3.05, 3.63) is 95.1 Å². The van der Waals surface area contributed by atoms with E-state index < -0.39 is 0 Å². The Morgan fingerprint density at radius 3 is 1.66 bits per heavy atom. The Kier molecular flexibility index (Phi) is 11.1. The highest BCUT2D eigenvalue weighted by Gasteiger charge is 2.16. The standard InChI is InChI=1S/C33H42O2/c1-4-7-9-11-13-27-16-20-30(21-17-27)32(6-3)35-33(34)31-24-22-29(23-25-31)28-18-14-26(15-19-28)12-10-8-5-2/h14-25,32H,4-13H2,1-3H3. The van der Waals surface area contributed by atoms with Crippen LogP contribution in [0.3, 0.4) is 0 Å². The minimum atomic E-state index is -0.265. The first-order valence-corrected chi connectivity index (χ1v) is 13.6. The number of rotatable bonds is 14. The highest BCUT2D eigenvalue weighted by atomic mass is 16.5. The van der Waals surface area contributed by atoms with Gasteiger partial charge in [-0.1, -0.05) is 114 Å². The Morgan fingerprint density at radius 2 is 1.11 bits per heavy atom. The van der Waals surface area contributed by atoms with Gasteiger partial charge in [0.2, 0.25) is 0 Å². The molecule has 0 radical (unpaired) electrons. The number of carbonyl (C=O) groups is 1. The van der Waals surface area contributed by atoms with Gasteiger partial charge in [0, 0.05) is 0 Å². The number of unbranched alkanes of at least 4 members (excludes halogenated alkanes) is 5. The van der Waals surface area contributed by atoms with Crippen LogP contribution < -0.4 is 0 Å². The monoisotopic (exact) mass is 470 g/mol. The average Bonchev–Trinajstić information content (AvgIpc) is 2.91. The zero-order valence-electron chi connectivity index (χ0n) is 21.9. The molecular weight excluding hydrogens is 428 g/mol. The first-order chi connectivity index (χ1) is 17.1. The van der Waals surface area contributed by atoms with Crippen molar-refractivity contribution in [3.8, 4) is 11.1 Å². The van der Waals surface area contributed by atoms with Crippen molar-refractivity contribution < 1.29 is 9.53 Å². The summed E-state index contributed by atoms with van der Waals surface area (Å²) in [6.45, 7) is 6.53. The molecule has 3 aromatic rings. The molecule has 0 bridgehead atoms. The van der Waals surface area contributed by atoms with E-state index in [1.165, 1.54) is 61.6 Å². The summed E-state index contributed by atoms with van der Waals surface area (Å²) in [5.41, 5.74) is 6.69. The van der Waals surface area contributed by atoms with Crippen LogP contribution in [0.4, 0.5) is 0 Å². The molecule has 0 aliphatic rings. The van der Waals surface area contributed by atoms with Crippen LogP contribution in [-0.2, 0) is 17.6 Å². The summed E-state index contributed by atoms with van der Waals surface area (Å²) in [4.78, 5) is 12.9. The largest absolute Gasteiger partial charge is 0.454 e. The molecule has 35 heavy (non-hydrogen) atoms. The summed E-state index contributed by atoms with van der Waals surface area (Å²) in [5.74, 6) is -0.265. The van der Waals surface area contributed by atoms with Crippen molar-refractivity contribution in [3.63, 3.8) is 0 Å². The van der Waals surface area contributed by atoms with E-state index in [4.69, 9.17) is 4.74 Å². The van der Waals surface area contributed by atoms with E-state index >= 15 is 0 Å². The zero-order valence-corrected chi connectivity index (χ0v) is 21.9. The molecule has 2 nitrogen and oxygen atoms in total. The fourth-order valence-corrected chi connectivity index (χ4v) is 4.48. The van der Waals surface area contributed by atoms with Gasteiger partial charge in [-0.2, -0.15) is 0 Å². The van der Waals surface area contributed by atoms with Gasteiger partial charge in [0.05, 0.1) is 5.56 Å². The predicted octanol–water partition coefficient (Wildman–Crippen LogP) is 9.52. The minimum absolute atomic E-state index is 0.225. The molecule has 0 N–H and O–H groups in total. The van der Waals surface area contributed by atoms with Crippen LogP contribution in [-0.4, -0.2) is 5.97 Å². The van der Waals surface area contributed by atoms with E-state index in [1.54, 1.807) is 0 Å². The molecule has 1 atom stereocenters. The number of hydrogen-bond acceptors (Lipinski definition) is 2. The highest BCUT2D eigenvalue weighted by molar-refractivity contribution is 5.90. The molecule has 0 aromatic heterocycles. The maximum Gasteiger partial charge on any atom is 0.338 e. The van der Waals surface area contributed by atoms with Crippen LogP contribution >= 0.6 is 0 Å². The first kappa shape index (κ1) is 26.7. The van der Waals surface area contributed by atoms with Gasteiger partial charge in [-0.05, 0) is 72.1 Å². The van der Waals surface area contributed by atoms with Gasteiger partial charge >= 0.3 is 5.97 Å². The number of benzene rings is 3. The third-order valence-electron chi connectivity index (χ3n) is 6.77. The molecule has 0 aliphatic carbocycles. The fourth-order valence-electron chi connectivity index (χ4n) is 4.48. The normalized spacial score (nSPS) is 11.9. The number of hydrogen-bond donors (Lipinski definition) is 0. The van der Waals surface area contributed by atoms with Gasteiger partial charge in [0.1, 0.15) is 6.10 Å². The molecule has 0 spiro atoms. The van der Waals surface area contributed by atoms with Crippen molar-refractivity contribution in [1.82, 2.24) is 0 Å². The lowest BCUT2D eigenvalue weighted by molar-refractivity contribution is 0.0288. The Hall–Kier alpha value is -2.87. The molecule has 0 fully saturated rings. The average molecular weight is 471 g/mol. The summed E-state index contributed by atoms with van der Waals surface area (Å²) >= 11 is 0. The molecule has 186 valence electrons. The molecule has 0 heterocycles. The summed E-state index contributed by atoms with van der Waals surface area (Å²) < 4.78 is 5.89. The van der Waals surface area contributed by atoms with Gasteiger partial charge in [-0.25, -0.2) is 4.79 Å². The summed E-state index contributed by atoms with van der Waals surface area (Å²) in [6.07, 6.45) is 11.6. The zero-order chi connectivity index (χ0) is 24.9. The Labute approximate surface area is 212 Å². The van der Waals surface area contributed by atoms with Crippen LogP contribution in [0.25, 0.3) is 11.1 Å². The maximum absolute atomic E-state index is 12.9. The SMILES string of the molecule is CCCCCCc1ccc(C(CC)OC(=O)c2ccc(-c3ccc(CCCCC)cc3)cc2)cc1. The van der Waals surface area contributed by atoms with Gasteiger partial charge in [0.25, 0.3) is 0 Å². The van der Waals surface area contributed by atoms with Crippen LogP contribution in [0.1, 0.15) is 105 Å². The second-order valence-electron chi connectivity index (χ2n) is 9.59. The molecule has 1 unspecified atom stereocenters. The van der Waals surface area contributed by atoms with Crippen molar-refractivity contribution in [2.45, 2.75) is 91.1 Å². The summed E-state index contributed by atoms with van der Waals surface area (Å²) in [6, 6.07) is 25.2. The molecule has 0 aliphatic heterocycles. The van der Waals surface area contributed by atoms with E-state index in [0.717, 1.165) is 30.4 Å². The van der Waals surface area contributed by atoms with Gasteiger partial charge in [0.15, 0.2) is 0 Å². The van der Waals surface area contributed by atoms with Gasteiger partial charge in [-0.3, -0.25) is 0 Å². The van der Waals surface area contributed by atoms with Crippen molar-refractivity contribution >= 4 is 5.97 Å². The Morgan fingerprint density at radius 1 is 0.629 bits per heavy atom. The van der Waals surface area contributed by atoms with Crippen molar-refractivity contribution in [2.24, 2.45) is 0 Å². The quantitative estimate of drug-likeness (QED) is 0.173. The first-order valence-electron chi connectivity index (χ1n) is 13.6. The smallest absolute Gasteiger partial charge is 0.338 e. The molecule has 3 aromatic carbocycles. The van der Waals surface area contributed by atoms with Crippen LogP contribution in [0, 0.1) is 0 Å². The fraction of sp³-hybridized carbons (Fsp3) is 0.424. The number of aryl methyl sites for hydroxylation is 2. The lowest BCUT2D eigenvalue weighted by Gasteiger charge is -2.17. The van der Waals surface area contributed by atoms with Crippen molar-refractivity contribution in [1.29, 1.82) is 0 Å². The van der Waals surface area contributed by atoms with E-state index in [9.17, 15) is 4.79 Å². The molecule has 0 amide bonds. The maximum atomic E-state index is 12.9. The number of esters is 1. The lowest BCUT2D eigenvalue weighted by atomic mass is 10.0. The molecule has 2 heteroatoms. The number of carbonyl (C=O) groups excluding carboxylic acids is 1. The molecular formula is C33H42O2. The molecule has 0 saturated heterocycles. The van der Waals surface area contributed by atoms with E-state index in [0.29, 0.717) is 5.56 Å². The predicted molar refractivity (Wildman–Crippen MR) is 148 cm³/mol. The Balaban J connectivity index is 1.56. The Bertz CT molecular complexity index is 1000. The third-order valence-corrected chi connectivity index (χ3v) is 6.77. The third kappa shape index (κ3) is 8.38. The summed E-state index contributed by atoms with van der Waals surface area (Å²) in [5, 5.41) is 0. The van der Waals surface area contributed by atoms with E-state index in [2.05, 4.69) is 69.3 Å². The molecule has 3 rings (SSSR count). The van der Waals surface area contributed by atoms with Crippen LogP contribution in [0.15, 0.2) is 72.8 Å². The highest BCUT2D eigenvalue weighted by Crippen LogP contribution is 2.25. The van der Waals surface area contributed by atoms with E-state index in [-0.39, 0.29) is 12.1 Å². The van der Waals surface area contributed by atoms with Crippen molar-refractivity contribution in [2.75, 3.05) is 0 Å². The second kappa shape index (κ2) is 14.5.